The van der Waals surface area contributed by atoms with Crippen molar-refractivity contribution in [3.05, 3.63) is 28.5 Å². The van der Waals surface area contributed by atoms with E-state index in [0.717, 1.165) is 15.5 Å². The van der Waals surface area contributed by atoms with E-state index in [2.05, 4.69) is 20.9 Å². The predicted molar refractivity (Wildman–Crippen MR) is 78.3 cm³/mol. The summed E-state index contributed by atoms with van der Waals surface area (Å²) in [6.07, 6.45) is 0. The maximum Gasteiger partial charge on any atom is 0.328 e. The van der Waals surface area contributed by atoms with E-state index < -0.39 is 6.04 Å². The Morgan fingerprint density at radius 1 is 1.58 bits per heavy atom. The summed E-state index contributed by atoms with van der Waals surface area (Å²) in [5.74, 6) is 0.627. The minimum Gasteiger partial charge on any atom is -0.464 e. The van der Waals surface area contributed by atoms with E-state index >= 15 is 0 Å². The van der Waals surface area contributed by atoms with Crippen molar-refractivity contribution >= 4 is 44.5 Å². The molecule has 0 saturated heterocycles. The summed E-state index contributed by atoms with van der Waals surface area (Å²) in [6, 6.07) is 5.29. The molecular weight excluding hydrogens is 332 g/mol. The minimum absolute atomic E-state index is 0.246. The van der Waals surface area contributed by atoms with Crippen LogP contribution < -0.4 is 0 Å². The van der Waals surface area contributed by atoms with E-state index in [-0.39, 0.29) is 11.8 Å². The number of nitrogens with zero attached hydrogens (tertiary/aromatic N) is 2. The Hall–Kier alpha value is -1.07. The first-order valence-electron chi connectivity index (χ1n) is 5.97. The van der Waals surface area contributed by atoms with Crippen LogP contribution in [0.25, 0.3) is 11.0 Å². The highest BCUT2D eigenvalue weighted by molar-refractivity contribution is 9.10. The molecule has 2 aromatic rings. The molecule has 6 heteroatoms. The molecule has 1 atom stereocenters. The number of hydrogen-bond donors (Lipinski definition) is 0. The lowest BCUT2D eigenvalue weighted by Gasteiger charge is -2.15. The van der Waals surface area contributed by atoms with E-state index in [1.54, 1.807) is 13.8 Å². The third-order valence-electron chi connectivity index (χ3n) is 2.86. The normalized spacial score (nSPS) is 12.6. The Morgan fingerprint density at radius 2 is 2.32 bits per heavy atom. The molecule has 2 rings (SSSR count). The van der Waals surface area contributed by atoms with Gasteiger partial charge in [-0.2, -0.15) is 0 Å². The van der Waals surface area contributed by atoms with Gasteiger partial charge in [-0.15, -0.1) is 11.6 Å². The van der Waals surface area contributed by atoms with E-state index in [1.807, 2.05) is 22.8 Å². The van der Waals surface area contributed by atoms with Gasteiger partial charge in [0, 0.05) is 4.47 Å². The zero-order valence-electron chi connectivity index (χ0n) is 10.7. The number of carbonyl (C=O) groups is 1. The summed E-state index contributed by atoms with van der Waals surface area (Å²) in [5, 5.41) is 0. The van der Waals surface area contributed by atoms with Crippen LogP contribution in [0.2, 0.25) is 0 Å². The molecule has 0 bridgehead atoms. The molecule has 102 valence electrons. The lowest BCUT2D eigenvalue weighted by Crippen LogP contribution is -2.20. The van der Waals surface area contributed by atoms with Crippen molar-refractivity contribution in [2.75, 3.05) is 6.61 Å². The van der Waals surface area contributed by atoms with E-state index in [9.17, 15) is 4.79 Å². The topological polar surface area (TPSA) is 44.1 Å². The lowest BCUT2D eigenvalue weighted by molar-refractivity contribution is -0.146. The summed E-state index contributed by atoms with van der Waals surface area (Å²) < 4.78 is 7.83. The Morgan fingerprint density at radius 3 is 2.95 bits per heavy atom. The second-order valence-electron chi connectivity index (χ2n) is 4.09. The number of rotatable bonds is 4. The number of carbonyl (C=O) groups excluding carboxylic acids is 1. The molecule has 1 heterocycles. The summed E-state index contributed by atoms with van der Waals surface area (Å²) >= 11 is 9.33. The van der Waals surface area contributed by atoms with Gasteiger partial charge < -0.3 is 9.30 Å². The van der Waals surface area contributed by atoms with Gasteiger partial charge in [0.25, 0.3) is 0 Å². The summed E-state index contributed by atoms with van der Waals surface area (Å²) in [7, 11) is 0. The maximum absolute atomic E-state index is 11.9. The smallest absolute Gasteiger partial charge is 0.328 e. The van der Waals surface area contributed by atoms with Gasteiger partial charge in [0.15, 0.2) is 0 Å². The molecular formula is C13H14BrClN2O2. The summed E-state index contributed by atoms with van der Waals surface area (Å²) in [6.45, 7) is 3.94. The number of aromatic nitrogens is 2. The van der Waals surface area contributed by atoms with Crippen molar-refractivity contribution < 1.29 is 9.53 Å². The van der Waals surface area contributed by atoms with Crippen LogP contribution in [0.15, 0.2) is 22.7 Å². The van der Waals surface area contributed by atoms with Gasteiger partial charge in [0.05, 0.1) is 23.5 Å². The molecule has 1 aromatic carbocycles. The fraction of sp³-hybridized carbons (Fsp3) is 0.385. The SMILES string of the molecule is CCOC(=O)C(C)n1c(CCl)nc2cc(Br)ccc21. The molecule has 0 aliphatic carbocycles. The standard InChI is InChI=1S/C13H14BrClN2O2/c1-3-19-13(18)8(2)17-11-5-4-9(14)6-10(11)16-12(17)7-15/h4-6,8H,3,7H2,1-2H3. The maximum atomic E-state index is 11.9. The van der Waals surface area contributed by atoms with Crippen LogP contribution in [0.4, 0.5) is 0 Å². The Bertz CT molecular complexity index is 612. The van der Waals surface area contributed by atoms with Crippen LogP contribution in [0.1, 0.15) is 25.7 Å². The number of halogens is 2. The number of fused-ring (bicyclic) bond motifs is 1. The number of esters is 1. The van der Waals surface area contributed by atoms with Crippen LogP contribution in [-0.4, -0.2) is 22.1 Å². The number of hydrogen-bond acceptors (Lipinski definition) is 3. The van der Waals surface area contributed by atoms with Crippen molar-refractivity contribution in [3.8, 4) is 0 Å². The van der Waals surface area contributed by atoms with Crippen molar-refractivity contribution in [2.45, 2.75) is 25.8 Å². The monoisotopic (exact) mass is 344 g/mol. The fourth-order valence-corrected chi connectivity index (χ4v) is 2.55. The Kier molecular flexibility index (Phi) is 4.47. The molecule has 0 amide bonds. The largest absolute Gasteiger partial charge is 0.464 e. The highest BCUT2D eigenvalue weighted by Gasteiger charge is 2.22. The average Bonchev–Trinajstić information content (AvgIpc) is 2.75. The lowest BCUT2D eigenvalue weighted by atomic mass is 10.2. The van der Waals surface area contributed by atoms with Gasteiger partial charge in [-0.1, -0.05) is 15.9 Å². The Balaban J connectivity index is 2.54. The molecule has 0 radical (unpaired) electrons. The summed E-state index contributed by atoms with van der Waals surface area (Å²) in [5.41, 5.74) is 1.68. The van der Waals surface area contributed by atoms with E-state index in [4.69, 9.17) is 16.3 Å². The Labute approximate surface area is 124 Å². The second kappa shape index (κ2) is 5.92. The molecule has 0 aliphatic heterocycles. The first kappa shape index (κ1) is 14.3. The quantitative estimate of drug-likeness (QED) is 0.627. The number of alkyl halides is 1. The molecule has 19 heavy (non-hydrogen) atoms. The average molecular weight is 346 g/mol. The van der Waals surface area contributed by atoms with Crippen LogP contribution >= 0.6 is 27.5 Å². The van der Waals surface area contributed by atoms with Gasteiger partial charge >= 0.3 is 5.97 Å². The predicted octanol–water partition coefficient (Wildman–Crippen LogP) is 3.66. The molecule has 0 spiro atoms. The van der Waals surface area contributed by atoms with Crippen LogP contribution in [0.5, 0.6) is 0 Å². The first-order chi connectivity index (χ1) is 9.08. The molecule has 0 aliphatic rings. The van der Waals surface area contributed by atoms with Gasteiger partial charge in [0.1, 0.15) is 11.9 Å². The summed E-state index contributed by atoms with van der Waals surface area (Å²) in [4.78, 5) is 16.3. The number of benzene rings is 1. The molecule has 0 saturated carbocycles. The highest BCUT2D eigenvalue weighted by atomic mass is 79.9. The molecule has 1 unspecified atom stereocenters. The molecule has 0 fully saturated rings. The highest BCUT2D eigenvalue weighted by Crippen LogP contribution is 2.25. The van der Waals surface area contributed by atoms with Crippen molar-refractivity contribution in [2.24, 2.45) is 0 Å². The third-order valence-corrected chi connectivity index (χ3v) is 3.59. The third kappa shape index (κ3) is 2.77. The fourth-order valence-electron chi connectivity index (χ4n) is 2.02. The van der Waals surface area contributed by atoms with Crippen LogP contribution in [0.3, 0.4) is 0 Å². The minimum atomic E-state index is -0.445. The number of imidazole rings is 1. The second-order valence-corrected chi connectivity index (χ2v) is 5.28. The van der Waals surface area contributed by atoms with E-state index in [0.29, 0.717) is 12.4 Å². The van der Waals surface area contributed by atoms with Gasteiger partial charge in [-0.3, -0.25) is 0 Å². The number of ether oxygens (including phenoxy) is 1. The van der Waals surface area contributed by atoms with Gasteiger partial charge in [0.2, 0.25) is 0 Å². The zero-order chi connectivity index (χ0) is 14.0. The van der Waals surface area contributed by atoms with Crippen LogP contribution in [0, 0.1) is 0 Å². The van der Waals surface area contributed by atoms with Crippen LogP contribution in [-0.2, 0) is 15.4 Å². The van der Waals surface area contributed by atoms with Crippen molar-refractivity contribution in [1.29, 1.82) is 0 Å². The molecule has 1 aromatic heterocycles. The van der Waals surface area contributed by atoms with Crippen molar-refractivity contribution in [1.82, 2.24) is 9.55 Å². The zero-order valence-corrected chi connectivity index (χ0v) is 13.0. The molecule has 0 N–H and O–H groups in total. The first-order valence-corrected chi connectivity index (χ1v) is 7.30. The van der Waals surface area contributed by atoms with E-state index in [1.165, 1.54) is 0 Å². The molecule has 4 nitrogen and oxygen atoms in total. The van der Waals surface area contributed by atoms with Crippen molar-refractivity contribution in [3.63, 3.8) is 0 Å². The van der Waals surface area contributed by atoms with Gasteiger partial charge in [-0.25, -0.2) is 9.78 Å². The van der Waals surface area contributed by atoms with Gasteiger partial charge in [-0.05, 0) is 32.0 Å².